The van der Waals surface area contributed by atoms with Gasteiger partial charge in [0.15, 0.2) is 17.3 Å². The highest BCUT2D eigenvalue weighted by atomic mass is 32.2. The summed E-state index contributed by atoms with van der Waals surface area (Å²) >= 11 is 0. The minimum Gasteiger partial charge on any atom is -0.294 e. The van der Waals surface area contributed by atoms with Crippen LogP contribution in [0.2, 0.25) is 0 Å². The number of hydrogen-bond donors (Lipinski definition) is 0. The fourth-order valence-electron chi connectivity index (χ4n) is 3.34. The van der Waals surface area contributed by atoms with Crippen molar-refractivity contribution in [2.75, 3.05) is 0 Å². The van der Waals surface area contributed by atoms with E-state index < -0.39 is 16.6 Å². The van der Waals surface area contributed by atoms with Gasteiger partial charge in [-0.2, -0.15) is 5.26 Å². The number of ketones is 1. The molecule has 0 amide bonds. The number of nitriles is 1. The lowest BCUT2D eigenvalue weighted by Crippen LogP contribution is -2.41. The zero-order valence-electron chi connectivity index (χ0n) is 11.4. The first-order chi connectivity index (χ1) is 10.1. The van der Waals surface area contributed by atoms with Crippen LogP contribution in [0.15, 0.2) is 12.3 Å². The second kappa shape index (κ2) is 5.64. The summed E-state index contributed by atoms with van der Waals surface area (Å²) in [6.45, 7) is 0. The maximum absolute atomic E-state index is 13.6. The molecule has 2 unspecified atom stereocenters. The average molecular weight is 306 g/mol. The lowest BCUT2D eigenvalue weighted by Gasteiger charge is -2.37. The van der Waals surface area contributed by atoms with Crippen molar-refractivity contribution in [2.45, 2.75) is 42.6 Å². The predicted octanol–water partition coefficient (Wildman–Crippen LogP) is 2.35. The van der Waals surface area contributed by atoms with Crippen molar-refractivity contribution in [2.24, 2.45) is 5.92 Å². The maximum Gasteiger partial charge on any atom is 0.176 e. The van der Waals surface area contributed by atoms with Crippen LogP contribution in [0.1, 0.15) is 48.2 Å². The molecule has 2 saturated heterocycles. The molecule has 1 aromatic heterocycles. The first-order valence-corrected chi connectivity index (χ1v) is 8.37. The molecule has 2 aliphatic heterocycles. The van der Waals surface area contributed by atoms with Crippen molar-refractivity contribution in [3.63, 3.8) is 0 Å². The number of carbonyl (C=O) groups excluding carboxylic acids is 1. The Morgan fingerprint density at radius 3 is 2.62 bits per heavy atom. The van der Waals surface area contributed by atoms with Crippen molar-refractivity contribution in [3.8, 4) is 6.07 Å². The van der Waals surface area contributed by atoms with E-state index in [1.165, 1.54) is 6.20 Å². The van der Waals surface area contributed by atoms with Crippen LogP contribution in [-0.4, -0.2) is 25.5 Å². The summed E-state index contributed by atoms with van der Waals surface area (Å²) in [6.07, 6.45) is 5.40. The Kier molecular flexibility index (Phi) is 3.85. The highest BCUT2D eigenvalue weighted by Crippen LogP contribution is 2.38. The van der Waals surface area contributed by atoms with Crippen molar-refractivity contribution < 1.29 is 13.4 Å². The van der Waals surface area contributed by atoms with E-state index in [-0.39, 0.29) is 33.5 Å². The maximum atomic E-state index is 13.6. The topological polar surface area (TPSA) is 70.8 Å². The van der Waals surface area contributed by atoms with Crippen molar-refractivity contribution in [3.05, 3.63) is 29.3 Å². The third kappa shape index (κ3) is 2.62. The van der Waals surface area contributed by atoms with Crippen LogP contribution < -0.4 is 0 Å². The summed E-state index contributed by atoms with van der Waals surface area (Å²) in [6, 6.07) is 2.73. The van der Waals surface area contributed by atoms with Gasteiger partial charge in [-0.1, -0.05) is 6.42 Å². The third-order valence-electron chi connectivity index (χ3n) is 4.41. The van der Waals surface area contributed by atoms with Gasteiger partial charge in [-0.3, -0.25) is 9.00 Å². The van der Waals surface area contributed by atoms with Crippen LogP contribution in [0.3, 0.4) is 0 Å². The van der Waals surface area contributed by atoms with Gasteiger partial charge >= 0.3 is 0 Å². The summed E-state index contributed by atoms with van der Waals surface area (Å²) < 4.78 is 25.7. The number of aromatic nitrogens is 1. The average Bonchev–Trinajstić information content (AvgIpc) is 2.46. The normalized spacial score (nSPS) is 31.4. The Balaban J connectivity index is 1.81. The minimum atomic E-state index is -0.824. The van der Waals surface area contributed by atoms with Crippen molar-refractivity contribution in [1.82, 2.24) is 4.98 Å². The number of hydrogen-bond acceptors (Lipinski definition) is 4. The third-order valence-corrected chi connectivity index (χ3v) is 6.58. The van der Waals surface area contributed by atoms with E-state index in [1.54, 1.807) is 6.07 Å². The molecule has 0 radical (unpaired) electrons. The molecule has 110 valence electrons. The summed E-state index contributed by atoms with van der Waals surface area (Å²) in [5, 5.41) is 8.86. The van der Waals surface area contributed by atoms with Crippen LogP contribution in [-0.2, 0) is 10.8 Å². The molecule has 4 nitrogen and oxygen atoms in total. The molecular formula is C15H15FN2O2S. The van der Waals surface area contributed by atoms with Crippen molar-refractivity contribution in [1.29, 1.82) is 5.26 Å². The number of pyridine rings is 1. The molecule has 0 aromatic carbocycles. The zero-order chi connectivity index (χ0) is 15.0. The van der Waals surface area contributed by atoms with Crippen LogP contribution in [0.25, 0.3) is 0 Å². The van der Waals surface area contributed by atoms with Crippen LogP contribution >= 0.6 is 0 Å². The van der Waals surface area contributed by atoms with Gasteiger partial charge in [0.25, 0.3) is 0 Å². The Labute approximate surface area is 124 Å². The molecule has 3 heterocycles. The summed E-state index contributed by atoms with van der Waals surface area (Å²) in [5.74, 6) is -1.10. The molecule has 3 rings (SSSR count). The number of Topliss-reactive ketones (excluding diaryl/α,β-unsaturated/α-hetero) is 1. The number of nitrogens with zero attached hydrogens (tertiary/aromatic N) is 2. The zero-order valence-corrected chi connectivity index (χ0v) is 12.2. The van der Waals surface area contributed by atoms with E-state index >= 15 is 0 Å². The molecule has 2 fully saturated rings. The molecule has 0 spiro atoms. The Hall–Kier alpha value is -1.61. The molecular weight excluding hydrogens is 291 g/mol. The summed E-state index contributed by atoms with van der Waals surface area (Å²) in [7, 11) is -0.824. The second-order valence-electron chi connectivity index (χ2n) is 5.70. The number of halogens is 1. The molecule has 2 atom stereocenters. The molecule has 0 saturated carbocycles. The van der Waals surface area contributed by atoms with E-state index in [9.17, 15) is 13.4 Å². The monoisotopic (exact) mass is 306 g/mol. The van der Waals surface area contributed by atoms with Crippen LogP contribution in [0, 0.1) is 23.1 Å². The van der Waals surface area contributed by atoms with Gasteiger partial charge in [-0.15, -0.1) is 0 Å². The summed E-state index contributed by atoms with van der Waals surface area (Å²) in [4.78, 5) is 16.2. The quantitative estimate of drug-likeness (QED) is 0.786. The van der Waals surface area contributed by atoms with Gasteiger partial charge in [-0.25, -0.2) is 9.37 Å². The fourth-order valence-corrected chi connectivity index (χ4v) is 5.52. The second-order valence-corrected chi connectivity index (χ2v) is 7.69. The molecule has 0 N–H and O–H groups in total. The largest absolute Gasteiger partial charge is 0.294 e. The van der Waals surface area contributed by atoms with Gasteiger partial charge in [0.1, 0.15) is 6.07 Å². The predicted molar refractivity (Wildman–Crippen MR) is 75.5 cm³/mol. The molecule has 2 aliphatic rings. The SMILES string of the molecule is N#Cc1ncc(C(=O)C2CC3CCCC(C2)S3=O)cc1F. The van der Waals surface area contributed by atoms with Gasteiger partial charge in [0.2, 0.25) is 0 Å². The molecule has 21 heavy (non-hydrogen) atoms. The standard InChI is InChI=1S/C15H15FN2O2S/c16-13-6-10(8-18-14(13)7-17)15(19)9-4-11-2-1-3-12(5-9)21(11)20/h6,8-9,11-12H,1-5H2. The molecule has 2 bridgehead atoms. The first-order valence-electron chi connectivity index (χ1n) is 7.09. The smallest absolute Gasteiger partial charge is 0.176 e. The number of carbonyl (C=O) groups is 1. The van der Waals surface area contributed by atoms with Gasteiger partial charge in [-0.05, 0) is 31.7 Å². The van der Waals surface area contributed by atoms with Gasteiger partial charge in [0, 0.05) is 39.0 Å². The Morgan fingerprint density at radius 1 is 1.38 bits per heavy atom. The van der Waals surface area contributed by atoms with Crippen LogP contribution in [0.4, 0.5) is 4.39 Å². The van der Waals surface area contributed by atoms with Gasteiger partial charge in [0.05, 0.1) is 0 Å². The number of rotatable bonds is 2. The van der Waals surface area contributed by atoms with E-state index in [4.69, 9.17) is 5.26 Å². The molecule has 0 aliphatic carbocycles. The Bertz CT molecular complexity index is 640. The van der Waals surface area contributed by atoms with E-state index in [2.05, 4.69) is 4.98 Å². The first kappa shape index (κ1) is 14.3. The fraction of sp³-hybridized carbons (Fsp3) is 0.533. The van der Waals surface area contributed by atoms with E-state index in [0.29, 0.717) is 12.8 Å². The van der Waals surface area contributed by atoms with E-state index in [1.807, 2.05) is 0 Å². The minimum absolute atomic E-state index is 0.0997. The molecule has 1 aromatic rings. The van der Waals surface area contributed by atoms with Crippen molar-refractivity contribution >= 4 is 16.6 Å². The molecule has 6 heteroatoms. The highest BCUT2D eigenvalue weighted by molar-refractivity contribution is 7.86. The highest BCUT2D eigenvalue weighted by Gasteiger charge is 2.40. The lowest BCUT2D eigenvalue weighted by atomic mass is 9.85. The number of fused-ring (bicyclic) bond motifs is 2. The summed E-state index contributed by atoms with van der Waals surface area (Å²) in [5.41, 5.74) is -0.0876. The van der Waals surface area contributed by atoms with Gasteiger partial charge < -0.3 is 0 Å². The Morgan fingerprint density at radius 2 is 2.05 bits per heavy atom. The van der Waals surface area contributed by atoms with Crippen LogP contribution in [0.5, 0.6) is 0 Å². The lowest BCUT2D eigenvalue weighted by molar-refractivity contribution is 0.0894. The van der Waals surface area contributed by atoms with E-state index in [0.717, 1.165) is 25.3 Å².